The zero-order valence-corrected chi connectivity index (χ0v) is 12.5. The van der Waals surface area contributed by atoms with Gasteiger partial charge in [-0.05, 0) is 36.8 Å². The van der Waals surface area contributed by atoms with Gasteiger partial charge in [0.1, 0.15) is 5.60 Å². The molecule has 2 heterocycles. The Morgan fingerprint density at radius 3 is 2.58 bits per heavy atom. The summed E-state index contributed by atoms with van der Waals surface area (Å²) < 4.78 is 6.01. The summed E-state index contributed by atoms with van der Waals surface area (Å²) in [5.74, 6) is 0.125. The molecule has 1 N–H and O–H groups in total. The third-order valence-electron chi connectivity index (χ3n) is 4.23. The van der Waals surface area contributed by atoms with E-state index >= 15 is 0 Å². The fraction of sp³-hybridized carbons (Fsp3) is 0.467. The van der Waals surface area contributed by atoms with E-state index in [0.717, 1.165) is 15.5 Å². The summed E-state index contributed by atoms with van der Waals surface area (Å²) >= 11 is 7.59. The minimum absolute atomic E-state index is 0.0233. The number of fused-ring (bicyclic) bond motifs is 2. The maximum Gasteiger partial charge on any atom is 0.108 e. The Bertz CT molecular complexity index is 515. The van der Waals surface area contributed by atoms with Gasteiger partial charge in [-0.3, -0.25) is 0 Å². The van der Waals surface area contributed by atoms with Crippen LogP contribution in [0.5, 0.6) is 0 Å². The molecule has 19 heavy (non-hydrogen) atoms. The van der Waals surface area contributed by atoms with E-state index in [4.69, 9.17) is 16.3 Å². The molecule has 2 aliphatic heterocycles. The van der Waals surface area contributed by atoms with E-state index in [1.54, 1.807) is 11.8 Å². The topological polar surface area (TPSA) is 29.5 Å². The molecule has 0 unspecified atom stereocenters. The van der Waals surface area contributed by atoms with Gasteiger partial charge in [0.25, 0.3) is 0 Å². The fourth-order valence-corrected chi connectivity index (χ4v) is 4.53. The molecule has 1 aromatic rings. The first-order valence-corrected chi connectivity index (χ1v) is 7.66. The highest BCUT2D eigenvalue weighted by molar-refractivity contribution is 8.00. The van der Waals surface area contributed by atoms with Crippen molar-refractivity contribution >= 4 is 23.4 Å². The molecule has 0 aliphatic carbocycles. The van der Waals surface area contributed by atoms with Gasteiger partial charge in [-0.15, -0.1) is 11.8 Å². The van der Waals surface area contributed by atoms with Crippen LogP contribution in [0.1, 0.15) is 13.8 Å². The molecule has 0 saturated carbocycles. The molecule has 2 aliphatic rings. The zero-order valence-electron chi connectivity index (χ0n) is 11.0. The van der Waals surface area contributed by atoms with Crippen molar-refractivity contribution in [3.8, 4) is 0 Å². The van der Waals surface area contributed by atoms with Crippen molar-refractivity contribution in [1.82, 2.24) is 0 Å². The van der Waals surface area contributed by atoms with E-state index < -0.39 is 11.7 Å². The first-order chi connectivity index (χ1) is 8.93. The molecule has 2 saturated heterocycles. The lowest BCUT2D eigenvalue weighted by atomic mass is 9.78. The number of aliphatic hydroxyl groups is 1. The van der Waals surface area contributed by atoms with Gasteiger partial charge in [-0.25, -0.2) is 0 Å². The molecule has 0 aromatic heterocycles. The lowest BCUT2D eigenvalue weighted by Crippen LogP contribution is -2.48. The van der Waals surface area contributed by atoms with Crippen LogP contribution in [0.25, 0.3) is 0 Å². The van der Waals surface area contributed by atoms with Crippen LogP contribution in [0.4, 0.5) is 0 Å². The molecule has 3 rings (SSSR count). The summed E-state index contributed by atoms with van der Waals surface area (Å²) in [4.78, 5) is 1.12. The molecule has 102 valence electrons. The van der Waals surface area contributed by atoms with E-state index in [1.165, 1.54) is 0 Å². The van der Waals surface area contributed by atoms with Gasteiger partial charge in [0, 0.05) is 15.8 Å². The quantitative estimate of drug-likeness (QED) is 0.847. The molecular weight excluding hydrogens is 280 g/mol. The summed E-state index contributed by atoms with van der Waals surface area (Å²) in [6.45, 7) is 8.19. The lowest BCUT2D eigenvalue weighted by Gasteiger charge is -2.35. The summed E-state index contributed by atoms with van der Waals surface area (Å²) in [6.07, 6.45) is -0.461. The van der Waals surface area contributed by atoms with E-state index in [0.29, 0.717) is 0 Å². The lowest BCUT2D eigenvalue weighted by molar-refractivity contribution is -0.0284. The summed E-state index contributed by atoms with van der Waals surface area (Å²) in [5.41, 5.74) is 0.547. The first-order valence-electron chi connectivity index (χ1n) is 6.40. The standard InChI is InChI=1S/C15H17ClO2S/c1-8-12-9(2)14(15(3,18-12)13(8)17)19-11-6-4-10(16)5-7-11/h4-8,12-14,17H,2H2,1,3H3/t8-,12-,13-,14-,15+/m1/s1. The Labute approximate surface area is 122 Å². The second-order valence-electron chi connectivity index (χ2n) is 5.55. The molecule has 0 amide bonds. The van der Waals surface area contributed by atoms with Crippen molar-refractivity contribution in [3.05, 3.63) is 41.4 Å². The van der Waals surface area contributed by atoms with Crippen molar-refractivity contribution in [2.24, 2.45) is 5.92 Å². The SMILES string of the molecule is C=C1[C@@H](Sc2ccc(Cl)cc2)[C@@]2(C)O[C@@H]1[C@@H](C)[C@H]2O. The highest BCUT2D eigenvalue weighted by Crippen LogP contribution is 2.55. The van der Waals surface area contributed by atoms with Gasteiger partial charge in [-0.2, -0.15) is 0 Å². The van der Waals surface area contributed by atoms with Crippen molar-refractivity contribution in [2.75, 3.05) is 0 Å². The molecule has 0 radical (unpaired) electrons. The predicted octanol–water partition coefficient (Wildman–Crippen LogP) is 3.53. The third kappa shape index (κ3) is 1.95. The number of halogens is 1. The minimum atomic E-state index is -0.536. The van der Waals surface area contributed by atoms with Crippen LogP contribution in [0, 0.1) is 5.92 Å². The van der Waals surface area contributed by atoms with Gasteiger partial charge in [-0.1, -0.05) is 25.1 Å². The number of hydrogen-bond acceptors (Lipinski definition) is 3. The van der Waals surface area contributed by atoms with E-state index in [2.05, 4.69) is 6.58 Å². The van der Waals surface area contributed by atoms with Gasteiger partial charge in [0.15, 0.2) is 0 Å². The van der Waals surface area contributed by atoms with Gasteiger partial charge in [0.05, 0.1) is 17.5 Å². The van der Waals surface area contributed by atoms with Crippen LogP contribution in [-0.4, -0.2) is 28.2 Å². The fourth-order valence-electron chi connectivity index (χ4n) is 3.13. The van der Waals surface area contributed by atoms with Crippen molar-refractivity contribution in [1.29, 1.82) is 0 Å². The van der Waals surface area contributed by atoms with Crippen molar-refractivity contribution < 1.29 is 9.84 Å². The molecule has 0 spiro atoms. The van der Waals surface area contributed by atoms with Crippen LogP contribution in [0.3, 0.4) is 0 Å². The molecule has 2 fully saturated rings. The number of rotatable bonds is 2. The van der Waals surface area contributed by atoms with Gasteiger partial charge in [0.2, 0.25) is 0 Å². The molecular formula is C15H17ClO2S. The van der Waals surface area contributed by atoms with Crippen LogP contribution >= 0.6 is 23.4 Å². The Morgan fingerprint density at radius 1 is 1.37 bits per heavy atom. The number of thioether (sulfide) groups is 1. The normalized spacial score (nSPS) is 40.9. The van der Waals surface area contributed by atoms with Crippen LogP contribution in [0.2, 0.25) is 5.02 Å². The number of benzene rings is 1. The minimum Gasteiger partial charge on any atom is -0.390 e. The monoisotopic (exact) mass is 296 g/mol. The predicted molar refractivity (Wildman–Crippen MR) is 78.7 cm³/mol. The van der Waals surface area contributed by atoms with Crippen LogP contribution in [0.15, 0.2) is 41.3 Å². The van der Waals surface area contributed by atoms with Crippen LogP contribution in [-0.2, 0) is 4.74 Å². The highest BCUT2D eigenvalue weighted by atomic mass is 35.5. The third-order valence-corrected chi connectivity index (χ3v) is 6.04. The summed E-state index contributed by atoms with van der Waals surface area (Å²) in [5, 5.41) is 11.2. The largest absolute Gasteiger partial charge is 0.390 e. The average Bonchev–Trinajstić information content (AvgIpc) is 2.77. The van der Waals surface area contributed by atoms with E-state index in [1.807, 2.05) is 38.1 Å². The van der Waals surface area contributed by atoms with Gasteiger partial charge < -0.3 is 9.84 Å². The molecule has 1 aromatic carbocycles. The zero-order chi connectivity index (χ0) is 13.8. The van der Waals surface area contributed by atoms with E-state index in [9.17, 15) is 5.11 Å². The molecule has 2 bridgehead atoms. The first kappa shape index (κ1) is 13.5. The van der Waals surface area contributed by atoms with Gasteiger partial charge >= 0.3 is 0 Å². The second kappa shape index (κ2) is 4.52. The van der Waals surface area contributed by atoms with E-state index in [-0.39, 0.29) is 17.3 Å². The molecule has 4 heteroatoms. The maximum atomic E-state index is 10.4. The van der Waals surface area contributed by atoms with Crippen molar-refractivity contribution in [2.45, 2.75) is 41.8 Å². The summed E-state index contributed by atoms with van der Waals surface area (Å²) in [7, 11) is 0. The Balaban J connectivity index is 1.86. The average molecular weight is 297 g/mol. The molecule has 5 atom stereocenters. The Hall–Kier alpha value is -0.480. The number of ether oxygens (including phenoxy) is 1. The molecule has 2 nitrogen and oxygen atoms in total. The summed E-state index contributed by atoms with van der Waals surface area (Å²) in [6, 6.07) is 7.74. The Kier molecular flexibility index (Phi) is 3.21. The van der Waals surface area contributed by atoms with Crippen molar-refractivity contribution in [3.63, 3.8) is 0 Å². The maximum absolute atomic E-state index is 10.4. The highest BCUT2D eigenvalue weighted by Gasteiger charge is 2.62. The second-order valence-corrected chi connectivity index (χ2v) is 7.17. The number of aliphatic hydroxyl groups excluding tert-OH is 1. The Morgan fingerprint density at radius 2 is 2.00 bits per heavy atom. The number of hydrogen-bond donors (Lipinski definition) is 1. The smallest absolute Gasteiger partial charge is 0.108 e. The van der Waals surface area contributed by atoms with Crippen LogP contribution < -0.4 is 0 Å².